The maximum atomic E-state index is 13.6. The van der Waals surface area contributed by atoms with Crippen LogP contribution in [0.2, 0.25) is 0 Å². The van der Waals surface area contributed by atoms with Crippen LogP contribution < -0.4 is 15.6 Å². The number of ether oxygens (including phenoxy) is 1. The second-order valence-electron chi connectivity index (χ2n) is 9.38. The normalized spacial score (nSPS) is 18.9. The number of aromatic nitrogens is 1. The Labute approximate surface area is 227 Å². The van der Waals surface area contributed by atoms with Crippen LogP contribution in [0, 0.1) is 17.6 Å². The standard InChI is InChI=1S/C29H24F2N4O5/c30-24-6-5-17(11-25(24)31)15-35-8-2-4-22(29(35)39)28(38)34-13-18-9-19(12-20(10-18)40-16-26(36)37)23-14-33-27-21(23)3-1-7-32-27/h1-12,14,21,23,27H,13,15-16H2,(H,34,38)(H,36,37). The molecule has 204 valence electrons. The molecule has 3 atom stereocenters. The van der Waals surface area contributed by atoms with Gasteiger partial charge in [-0.2, -0.15) is 0 Å². The molecule has 3 unspecified atom stereocenters. The summed E-state index contributed by atoms with van der Waals surface area (Å²) >= 11 is 0. The Morgan fingerprint density at radius 2 is 1.90 bits per heavy atom. The van der Waals surface area contributed by atoms with Crippen LogP contribution in [0.4, 0.5) is 8.78 Å². The molecule has 0 saturated carbocycles. The number of halogens is 2. The number of aliphatic carboxylic acids is 1. The molecule has 3 aromatic rings. The smallest absolute Gasteiger partial charge is 0.341 e. The van der Waals surface area contributed by atoms with Crippen LogP contribution in [0.15, 0.2) is 81.7 Å². The van der Waals surface area contributed by atoms with E-state index in [9.17, 15) is 23.2 Å². The van der Waals surface area contributed by atoms with Crippen molar-refractivity contribution in [2.45, 2.75) is 25.2 Å². The lowest BCUT2D eigenvalue weighted by atomic mass is 9.85. The number of nitrogens with one attached hydrogen (secondary N) is 1. The highest BCUT2D eigenvalue weighted by Gasteiger charge is 2.33. The summed E-state index contributed by atoms with van der Waals surface area (Å²) in [4.78, 5) is 45.9. The lowest BCUT2D eigenvalue weighted by Crippen LogP contribution is -2.32. The van der Waals surface area contributed by atoms with Crippen LogP contribution in [0.1, 0.15) is 33.0 Å². The number of pyridine rings is 1. The number of amides is 1. The number of nitrogens with zero attached hydrogens (tertiary/aromatic N) is 3. The predicted molar refractivity (Wildman–Crippen MR) is 143 cm³/mol. The van der Waals surface area contributed by atoms with E-state index in [-0.39, 0.29) is 36.7 Å². The number of carbonyl (C=O) groups is 2. The molecule has 2 aliphatic rings. The van der Waals surface area contributed by atoms with Crippen LogP contribution >= 0.6 is 0 Å². The number of carboxylic acid groups (broad SMARTS) is 1. The summed E-state index contributed by atoms with van der Waals surface area (Å²) in [6.07, 6.45) is 8.60. The first-order valence-electron chi connectivity index (χ1n) is 12.4. The van der Waals surface area contributed by atoms with Gasteiger partial charge in [-0.25, -0.2) is 13.6 Å². The molecule has 1 aromatic heterocycles. The molecule has 0 aliphatic carbocycles. The number of benzene rings is 2. The minimum atomic E-state index is -1.13. The molecule has 11 heteroatoms. The Kier molecular flexibility index (Phi) is 7.63. The number of carboxylic acids is 1. The van der Waals surface area contributed by atoms with Gasteiger partial charge in [-0.15, -0.1) is 0 Å². The summed E-state index contributed by atoms with van der Waals surface area (Å²) in [5.41, 5.74) is 1.09. The third-order valence-corrected chi connectivity index (χ3v) is 6.61. The first kappa shape index (κ1) is 26.7. The topological polar surface area (TPSA) is 122 Å². The summed E-state index contributed by atoms with van der Waals surface area (Å²) < 4.78 is 33.5. The Balaban J connectivity index is 1.34. The highest BCUT2D eigenvalue weighted by molar-refractivity contribution is 5.93. The average molecular weight is 547 g/mol. The molecule has 3 heterocycles. The lowest BCUT2D eigenvalue weighted by molar-refractivity contribution is -0.139. The summed E-state index contributed by atoms with van der Waals surface area (Å²) in [7, 11) is 0. The van der Waals surface area contributed by atoms with Crippen molar-refractivity contribution in [2.24, 2.45) is 15.9 Å². The summed E-state index contributed by atoms with van der Waals surface area (Å²) in [5.74, 6) is -3.59. The molecular formula is C29H24F2N4O5. The van der Waals surface area contributed by atoms with Gasteiger partial charge in [0.25, 0.3) is 11.5 Å². The molecule has 2 aromatic carbocycles. The number of hydrogen-bond donors (Lipinski definition) is 2. The quantitative estimate of drug-likeness (QED) is 0.427. The van der Waals surface area contributed by atoms with Gasteiger partial charge in [-0.3, -0.25) is 19.6 Å². The molecule has 9 nitrogen and oxygen atoms in total. The van der Waals surface area contributed by atoms with Gasteiger partial charge >= 0.3 is 5.97 Å². The summed E-state index contributed by atoms with van der Waals surface area (Å²) in [5, 5.41) is 11.8. The van der Waals surface area contributed by atoms with Crippen molar-refractivity contribution in [3.05, 3.63) is 111 Å². The number of allylic oxidation sites excluding steroid dienone is 1. The molecule has 0 fully saturated rings. The van der Waals surface area contributed by atoms with Gasteiger partial charge < -0.3 is 19.7 Å². The minimum absolute atomic E-state index is 0.000432. The average Bonchev–Trinajstić information content (AvgIpc) is 3.38. The molecule has 5 rings (SSSR count). The summed E-state index contributed by atoms with van der Waals surface area (Å²) in [6.45, 7) is -0.557. The van der Waals surface area contributed by atoms with Crippen molar-refractivity contribution in [3.8, 4) is 5.75 Å². The van der Waals surface area contributed by atoms with Crippen molar-refractivity contribution in [1.82, 2.24) is 9.88 Å². The van der Waals surface area contributed by atoms with E-state index < -0.39 is 35.7 Å². The van der Waals surface area contributed by atoms with Crippen LogP contribution in [0.25, 0.3) is 0 Å². The van der Waals surface area contributed by atoms with E-state index in [2.05, 4.69) is 15.3 Å². The van der Waals surface area contributed by atoms with E-state index in [0.29, 0.717) is 16.9 Å². The van der Waals surface area contributed by atoms with E-state index in [1.54, 1.807) is 24.6 Å². The molecule has 1 amide bonds. The van der Waals surface area contributed by atoms with Crippen molar-refractivity contribution in [3.63, 3.8) is 0 Å². The number of carbonyl (C=O) groups excluding carboxylic acids is 1. The summed E-state index contributed by atoms with van der Waals surface area (Å²) in [6, 6.07) is 11.5. The number of rotatable bonds is 9. The fraction of sp³-hybridized carbons (Fsp3) is 0.207. The highest BCUT2D eigenvalue weighted by Crippen LogP contribution is 2.37. The largest absolute Gasteiger partial charge is 0.482 e. The first-order valence-corrected chi connectivity index (χ1v) is 12.4. The molecule has 40 heavy (non-hydrogen) atoms. The van der Waals surface area contributed by atoms with E-state index >= 15 is 0 Å². The highest BCUT2D eigenvalue weighted by atomic mass is 19.2. The Hall–Kier alpha value is -4.93. The van der Waals surface area contributed by atoms with Crippen molar-refractivity contribution in [2.75, 3.05) is 6.61 Å². The molecule has 0 radical (unpaired) electrons. The number of hydrogen-bond acceptors (Lipinski definition) is 6. The van der Waals surface area contributed by atoms with Gasteiger partial charge in [-0.05, 0) is 59.2 Å². The molecule has 0 bridgehead atoms. The van der Waals surface area contributed by atoms with Gasteiger partial charge in [0, 0.05) is 37.0 Å². The zero-order valence-electron chi connectivity index (χ0n) is 21.0. The second-order valence-corrected chi connectivity index (χ2v) is 9.38. The van der Waals surface area contributed by atoms with Crippen molar-refractivity contribution >= 4 is 24.3 Å². The molecular weight excluding hydrogens is 522 g/mol. The van der Waals surface area contributed by atoms with Gasteiger partial charge in [0.05, 0.1) is 6.54 Å². The number of aliphatic imine (C=N–C) groups is 2. The Morgan fingerprint density at radius 3 is 2.70 bits per heavy atom. The Morgan fingerprint density at radius 1 is 1.05 bits per heavy atom. The minimum Gasteiger partial charge on any atom is -0.482 e. The van der Waals surface area contributed by atoms with E-state index in [4.69, 9.17) is 9.84 Å². The number of fused-ring (bicyclic) bond motifs is 1. The molecule has 0 saturated heterocycles. The van der Waals surface area contributed by atoms with Crippen LogP contribution in [-0.4, -0.2) is 46.8 Å². The van der Waals surface area contributed by atoms with Crippen molar-refractivity contribution < 1.29 is 28.2 Å². The second kappa shape index (κ2) is 11.4. The predicted octanol–water partition coefficient (Wildman–Crippen LogP) is 3.32. The van der Waals surface area contributed by atoms with Gasteiger partial charge in [0.2, 0.25) is 0 Å². The maximum Gasteiger partial charge on any atom is 0.341 e. The van der Waals surface area contributed by atoms with Crippen LogP contribution in [0.5, 0.6) is 5.75 Å². The fourth-order valence-electron chi connectivity index (χ4n) is 4.70. The van der Waals surface area contributed by atoms with Crippen molar-refractivity contribution in [1.29, 1.82) is 0 Å². The molecule has 0 spiro atoms. The first-order chi connectivity index (χ1) is 19.3. The van der Waals surface area contributed by atoms with Crippen LogP contribution in [-0.2, 0) is 17.9 Å². The van der Waals surface area contributed by atoms with Gasteiger partial charge in [-0.1, -0.05) is 18.2 Å². The zero-order valence-corrected chi connectivity index (χ0v) is 21.0. The monoisotopic (exact) mass is 546 g/mol. The van der Waals surface area contributed by atoms with E-state index in [0.717, 1.165) is 17.7 Å². The van der Waals surface area contributed by atoms with Gasteiger partial charge in [0.1, 0.15) is 17.5 Å². The third kappa shape index (κ3) is 5.88. The number of dihydropyridines is 1. The van der Waals surface area contributed by atoms with Crippen LogP contribution in [0.3, 0.4) is 0 Å². The van der Waals surface area contributed by atoms with E-state index in [1.165, 1.54) is 29.0 Å². The van der Waals surface area contributed by atoms with E-state index in [1.807, 2.05) is 18.2 Å². The lowest BCUT2D eigenvalue weighted by Gasteiger charge is -2.21. The SMILES string of the molecule is O=C(O)COc1cc(CNC(=O)c2cccn(Cc3ccc(F)c(F)c3)c2=O)cc(C2C=NC3N=CC=CC32)c1. The maximum absolute atomic E-state index is 13.6. The van der Waals surface area contributed by atoms with Gasteiger partial charge in [0.15, 0.2) is 18.2 Å². The Bertz CT molecular complexity index is 1610. The third-order valence-electron chi connectivity index (χ3n) is 6.61. The zero-order chi connectivity index (χ0) is 28.2. The fourth-order valence-corrected chi connectivity index (χ4v) is 4.70. The molecule has 2 aliphatic heterocycles. The molecule has 2 N–H and O–H groups in total.